The second-order valence-electron chi connectivity index (χ2n) is 9.10. The summed E-state index contributed by atoms with van der Waals surface area (Å²) < 4.78 is 7.25. The van der Waals surface area contributed by atoms with Crippen LogP contribution in [-0.4, -0.2) is 37.2 Å². The van der Waals surface area contributed by atoms with Gasteiger partial charge >= 0.3 is 0 Å². The first-order valence-electron chi connectivity index (χ1n) is 11.0. The fourth-order valence-corrected chi connectivity index (χ4v) is 4.79. The van der Waals surface area contributed by atoms with E-state index in [2.05, 4.69) is 64.6 Å². The Morgan fingerprint density at radius 3 is 2.70 bits per heavy atom. The molecule has 33 heavy (non-hydrogen) atoms. The topological polar surface area (TPSA) is 88.9 Å². The van der Waals surface area contributed by atoms with Crippen molar-refractivity contribution in [3.8, 4) is 5.75 Å². The molecule has 3 heterocycles. The highest BCUT2D eigenvalue weighted by atomic mass is 32.1. The Morgan fingerprint density at radius 2 is 2.03 bits per heavy atom. The quantitative estimate of drug-likeness (QED) is 0.411. The third-order valence-corrected chi connectivity index (χ3v) is 6.56. The Bertz CT molecular complexity index is 1270. The number of tetrazole rings is 1. The Kier molecular flexibility index (Phi) is 6.62. The van der Waals surface area contributed by atoms with Crippen molar-refractivity contribution >= 4 is 22.2 Å². The van der Waals surface area contributed by atoms with Crippen molar-refractivity contribution in [2.75, 3.05) is 7.11 Å². The number of pyridine rings is 1. The highest BCUT2D eigenvalue weighted by Crippen LogP contribution is 2.30. The van der Waals surface area contributed by atoms with Crippen LogP contribution in [0.3, 0.4) is 0 Å². The van der Waals surface area contributed by atoms with Gasteiger partial charge in [-0.1, -0.05) is 13.0 Å². The summed E-state index contributed by atoms with van der Waals surface area (Å²) in [5, 5.41) is 15.7. The lowest BCUT2D eigenvalue weighted by atomic mass is 10.1. The van der Waals surface area contributed by atoms with Gasteiger partial charge in [0.05, 0.1) is 18.7 Å². The number of H-pyrrole nitrogens is 1. The third-order valence-electron chi connectivity index (χ3n) is 5.70. The minimum absolute atomic E-state index is 0.0540. The molecule has 0 bridgehead atoms. The molecule has 0 amide bonds. The van der Waals surface area contributed by atoms with E-state index < -0.39 is 0 Å². The van der Waals surface area contributed by atoms with E-state index >= 15 is 0 Å². The van der Waals surface area contributed by atoms with E-state index in [0.29, 0.717) is 18.7 Å². The Morgan fingerprint density at radius 1 is 1.21 bits per heavy atom. The molecule has 0 spiro atoms. The highest BCUT2D eigenvalue weighted by molar-refractivity contribution is 7.09. The lowest BCUT2D eigenvalue weighted by molar-refractivity contribution is 0.155. The lowest BCUT2D eigenvalue weighted by Gasteiger charge is -2.32. The minimum Gasteiger partial charge on any atom is -0.497 e. The number of aromatic nitrogens is 5. The van der Waals surface area contributed by atoms with E-state index in [9.17, 15) is 4.79 Å². The second kappa shape index (κ2) is 9.44. The molecule has 0 unspecified atom stereocenters. The number of benzene rings is 1. The van der Waals surface area contributed by atoms with Crippen LogP contribution in [-0.2, 0) is 18.6 Å². The van der Waals surface area contributed by atoms with E-state index in [1.807, 2.05) is 35.0 Å². The van der Waals surface area contributed by atoms with Gasteiger partial charge in [-0.25, -0.2) is 4.68 Å². The van der Waals surface area contributed by atoms with E-state index in [-0.39, 0.29) is 17.1 Å². The van der Waals surface area contributed by atoms with Crippen LogP contribution in [0.1, 0.15) is 56.4 Å². The predicted molar refractivity (Wildman–Crippen MR) is 131 cm³/mol. The summed E-state index contributed by atoms with van der Waals surface area (Å²) in [6.07, 6.45) is 0.807. The Balaban J connectivity index is 1.76. The molecule has 8 nitrogen and oxygen atoms in total. The molecular weight excluding hydrogens is 436 g/mol. The molecule has 1 atom stereocenters. The van der Waals surface area contributed by atoms with Crippen LogP contribution < -0.4 is 10.3 Å². The maximum Gasteiger partial charge on any atom is 0.252 e. The number of hydrogen-bond donors (Lipinski definition) is 1. The summed E-state index contributed by atoms with van der Waals surface area (Å²) >= 11 is 1.71. The van der Waals surface area contributed by atoms with Crippen LogP contribution in [0.2, 0.25) is 0 Å². The van der Waals surface area contributed by atoms with Gasteiger partial charge in [-0.3, -0.25) is 9.69 Å². The summed E-state index contributed by atoms with van der Waals surface area (Å²) in [5.74, 6) is 1.56. The van der Waals surface area contributed by atoms with Gasteiger partial charge in [-0.15, -0.1) is 16.4 Å². The van der Waals surface area contributed by atoms with Crippen molar-refractivity contribution < 1.29 is 4.74 Å². The van der Waals surface area contributed by atoms with Gasteiger partial charge in [-0.2, -0.15) is 0 Å². The zero-order chi connectivity index (χ0) is 23.6. The Hall–Kier alpha value is -3.04. The van der Waals surface area contributed by atoms with E-state index in [0.717, 1.165) is 28.9 Å². The molecule has 4 rings (SSSR count). The second-order valence-corrected chi connectivity index (χ2v) is 10.1. The van der Waals surface area contributed by atoms with E-state index in [4.69, 9.17) is 4.74 Å². The van der Waals surface area contributed by atoms with Crippen molar-refractivity contribution in [3.05, 3.63) is 68.4 Å². The number of hydrogen-bond acceptors (Lipinski definition) is 7. The molecule has 0 aliphatic carbocycles. The van der Waals surface area contributed by atoms with Gasteiger partial charge in [0.25, 0.3) is 5.56 Å². The van der Waals surface area contributed by atoms with Crippen molar-refractivity contribution in [2.45, 2.75) is 58.8 Å². The molecule has 0 aliphatic heterocycles. The average molecular weight is 467 g/mol. The van der Waals surface area contributed by atoms with Gasteiger partial charge in [0, 0.05) is 34.4 Å². The fourth-order valence-electron chi connectivity index (χ4n) is 4.06. The molecule has 1 aromatic carbocycles. The molecule has 0 aliphatic rings. The molecule has 0 fully saturated rings. The number of nitrogens with zero attached hydrogens (tertiary/aromatic N) is 5. The van der Waals surface area contributed by atoms with Crippen LogP contribution in [0.15, 0.2) is 46.6 Å². The summed E-state index contributed by atoms with van der Waals surface area (Å²) in [6.45, 7) is 9.56. The number of ether oxygens (including phenoxy) is 1. The maximum absolute atomic E-state index is 13.0. The zero-order valence-corrected chi connectivity index (χ0v) is 20.5. The Labute approximate surface area is 197 Å². The van der Waals surface area contributed by atoms with Gasteiger partial charge in [0.1, 0.15) is 5.75 Å². The molecule has 0 radical (unpaired) electrons. The van der Waals surface area contributed by atoms with E-state index in [1.54, 1.807) is 18.4 Å². The van der Waals surface area contributed by atoms with Crippen molar-refractivity contribution in [2.24, 2.45) is 0 Å². The molecule has 9 heteroatoms. The molecule has 3 aromatic heterocycles. The van der Waals surface area contributed by atoms with Gasteiger partial charge in [-0.05, 0) is 73.3 Å². The smallest absolute Gasteiger partial charge is 0.252 e. The van der Waals surface area contributed by atoms with Gasteiger partial charge in [0.2, 0.25) is 0 Å². The first-order valence-corrected chi connectivity index (χ1v) is 11.9. The van der Waals surface area contributed by atoms with Gasteiger partial charge in [0.15, 0.2) is 5.82 Å². The number of fused-ring (bicyclic) bond motifs is 1. The monoisotopic (exact) mass is 466 g/mol. The van der Waals surface area contributed by atoms with Crippen molar-refractivity contribution in [1.82, 2.24) is 30.1 Å². The zero-order valence-electron chi connectivity index (χ0n) is 19.7. The lowest BCUT2D eigenvalue weighted by Crippen LogP contribution is -2.35. The fraction of sp³-hybridized carbons (Fsp3) is 0.417. The van der Waals surface area contributed by atoms with E-state index in [1.165, 1.54) is 4.88 Å². The van der Waals surface area contributed by atoms with Crippen LogP contribution in [0.5, 0.6) is 5.75 Å². The average Bonchev–Trinajstić information content (AvgIpc) is 3.46. The first kappa shape index (κ1) is 23.1. The van der Waals surface area contributed by atoms with Crippen molar-refractivity contribution in [3.63, 3.8) is 0 Å². The molecule has 1 N–H and O–H groups in total. The van der Waals surface area contributed by atoms with Crippen LogP contribution in [0.4, 0.5) is 0 Å². The molecular formula is C24H30N6O2S. The molecule has 0 saturated carbocycles. The summed E-state index contributed by atoms with van der Waals surface area (Å²) in [7, 11) is 1.64. The standard InChI is InChI=1S/C24H30N6O2S/c1-6-21(22-26-27-28-30(22)24(2,3)4)29(15-19-8-7-11-33-19)14-17-12-16-13-18(32-5)9-10-20(16)25-23(17)31/h7-13,21H,6,14-15H2,1-5H3,(H,25,31)/t21-/m1/s1. The summed E-state index contributed by atoms with van der Waals surface area (Å²) in [5.41, 5.74) is 1.14. The predicted octanol–water partition coefficient (Wildman–Crippen LogP) is 4.49. The molecule has 4 aromatic rings. The van der Waals surface area contributed by atoms with Gasteiger partial charge < -0.3 is 9.72 Å². The number of aromatic amines is 1. The highest BCUT2D eigenvalue weighted by Gasteiger charge is 2.29. The number of nitrogens with one attached hydrogen (secondary N) is 1. The summed E-state index contributed by atoms with van der Waals surface area (Å²) in [4.78, 5) is 19.5. The van der Waals surface area contributed by atoms with Crippen molar-refractivity contribution in [1.29, 1.82) is 0 Å². The normalized spacial score (nSPS) is 13.0. The van der Waals surface area contributed by atoms with Crippen LogP contribution >= 0.6 is 11.3 Å². The minimum atomic E-state index is -0.252. The third kappa shape index (κ3) is 4.99. The van der Waals surface area contributed by atoms with Crippen LogP contribution in [0.25, 0.3) is 10.9 Å². The molecule has 0 saturated heterocycles. The summed E-state index contributed by atoms with van der Waals surface area (Å²) in [6, 6.07) is 11.7. The number of rotatable bonds is 8. The first-order chi connectivity index (χ1) is 15.8. The number of thiophene rings is 1. The SMILES string of the molecule is CC[C@H](c1nnnn1C(C)(C)C)N(Cc1cccs1)Cc1cc2cc(OC)ccc2[nH]c1=O. The molecule has 174 valence electrons. The maximum atomic E-state index is 13.0. The van der Waals surface area contributed by atoms with Crippen LogP contribution in [0, 0.1) is 0 Å². The number of methoxy groups -OCH3 is 1. The largest absolute Gasteiger partial charge is 0.497 e.